The lowest BCUT2D eigenvalue weighted by molar-refractivity contribution is 0.0789. The zero-order valence-corrected chi connectivity index (χ0v) is 13.7. The van der Waals surface area contributed by atoms with Gasteiger partial charge in [-0.1, -0.05) is 13.8 Å². The van der Waals surface area contributed by atoms with Crippen molar-refractivity contribution in [2.24, 2.45) is 0 Å². The Kier molecular flexibility index (Phi) is 4.07. The number of carbonyl (C=O) groups is 1. The Labute approximate surface area is 134 Å². The number of nitrogens with zero attached hydrogens (tertiary/aromatic N) is 2. The van der Waals surface area contributed by atoms with Gasteiger partial charge in [-0.05, 0) is 37.0 Å². The predicted octanol–water partition coefficient (Wildman–Crippen LogP) is 2.16. The van der Waals surface area contributed by atoms with Gasteiger partial charge in [0.1, 0.15) is 5.56 Å². The molecule has 0 bridgehead atoms. The number of carbonyl (C=O) groups excluding carboxylic acids is 1. The first-order valence-corrected chi connectivity index (χ1v) is 7.99. The maximum absolute atomic E-state index is 12.6. The van der Waals surface area contributed by atoms with Gasteiger partial charge in [-0.25, -0.2) is 0 Å². The van der Waals surface area contributed by atoms with Gasteiger partial charge in [-0.3, -0.25) is 14.7 Å². The van der Waals surface area contributed by atoms with Gasteiger partial charge >= 0.3 is 0 Å². The number of rotatable bonds is 3. The molecule has 1 saturated heterocycles. The second-order valence-corrected chi connectivity index (χ2v) is 6.51. The van der Waals surface area contributed by atoms with Crippen LogP contribution < -0.4 is 5.56 Å². The largest absolute Gasteiger partial charge is 0.338 e. The fourth-order valence-corrected chi connectivity index (χ4v) is 3.11. The molecule has 0 aliphatic carbocycles. The maximum Gasteiger partial charge on any atom is 0.261 e. The molecule has 2 aromatic rings. The normalized spacial score (nSPS) is 17.9. The minimum atomic E-state index is -0.303. The van der Waals surface area contributed by atoms with E-state index in [2.05, 4.69) is 15.2 Å². The lowest BCUT2D eigenvalue weighted by atomic mass is 10.0. The van der Waals surface area contributed by atoms with Crippen molar-refractivity contribution in [1.82, 2.24) is 20.1 Å². The molecule has 6 nitrogen and oxygen atoms in total. The van der Waals surface area contributed by atoms with Crippen molar-refractivity contribution in [1.29, 1.82) is 0 Å². The first-order chi connectivity index (χ1) is 11.0. The van der Waals surface area contributed by atoms with Crippen molar-refractivity contribution < 1.29 is 4.79 Å². The number of nitrogens with one attached hydrogen (secondary N) is 2. The molecule has 23 heavy (non-hydrogen) atoms. The molecule has 0 radical (unpaired) electrons. The van der Waals surface area contributed by atoms with Crippen molar-refractivity contribution in [3.63, 3.8) is 0 Å². The molecule has 1 fully saturated rings. The van der Waals surface area contributed by atoms with Crippen LogP contribution in [0.25, 0.3) is 0 Å². The number of hydrogen-bond donors (Lipinski definition) is 2. The highest BCUT2D eigenvalue weighted by Crippen LogP contribution is 2.28. The minimum Gasteiger partial charge on any atom is -0.338 e. The quantitative estimate of drug-likeness (QED) is 0.911. The monoisotopic (exact) mass is 314 g/mol. The van der Waals surface area contributed by atoms with E-state index in [1.165, 1.54) is 0 Å². The molecule has 1 atom stereocenters. The predicted molar refractivity (Wildman–Crippen MR) is 87.7 cm³/mol. The fourth-order valence-electron chi connectivity index (χ4n) is 3.11. The number of hydrogen-bond acceptors (Lipinski definition) is 3. The first-order valence-electron chi connectivity index (χ1n) is 7.99. The summed E-state index contributed by atoms with van der Waals surface area (Å²) in [5.74, 6) is 0.295. The van der Waals surface area contributed by atoms with Crippen LogP contribution >= 0.6 is 0 Å². The van der Waals surface area contributed by atoms with E-state index in [9.17, 15) is 9.59 Å². The van der Waals surface area contributed by atoms with Crippen molar-refractivity contribution in [2.45, 2.75) is 39.0 Å². The second kappa shape index (κ2) is 6.02. The molecule has 0 saturated carbocycles. The van der Waals surface area contributed by atoms with Crippen molar-refractivity contribution in [2.75, 3.05) is 13.1 Å². The van der Waals surface area contributed by atoms with E-state index in [4.69, 9.17) is 0 Å². The average molecular weight is 314 g/mol. The standard InChI is InChI=1S/C17H22N4O2/c1-10(2)14-5-4-13(16(22)19-14)17(23)21-7-6-12(9-21)15-11(3)8-18-20-15/h4-5,8,10,12H,6-7,9H2,1-3H3,(H,18,20)(H,19,22). The number of aromatic nitrogens is 3. The van der Waals surface area contributed by atoms with Gasteiger partial charge in [-0.2, -0.15) is 5.10 Å². The van der Waals surface area contributed by atoms with Gasteiger partial charge in [0.05, 0.1) is 6.20 Å². The molecule has 3 rings (SSSR count). The van der Waals surface area contributed by atoms with E-state index in [0.29, 0.717) is 13.1 Å². The summed E-state index contributed by atoms with van der Waals surface area (Å²) in [6, 6.07) is 3.47. The maximum atomic E-state index is 12.6. The Balaban J connectivity index is 1.77. The van der Waals surface area contributed by atoms with Crippen LogP contribution in [0, 0.1) is 6.92 Å². The zero-order valence-electron chi connectivity index (χ0n) is 13.7. The molecule has 1 aliphatic heterocycles. The first kappa shape index (κ1) is 15.5. The summed E-state index contributed by atoms with van der Waals surface area (Å²) in [5, 5.41) is 7.07. The van der Waals surface area contributed by atoms with Crippen LogP contribution in [0.1, 0.15) is 59.4 Å². The molecule has 2 N–H and O–H groups in total. The van der Waals surface area contributed by atoms with Gasteiger partial charge in [0.15, 0.2) is 0 Å². The lowest BCUT2D eigenvalue weighted by Gasteiger charge is -2.16. The summed E-state index contributed by atoms with van der Waals surface area (Å²) in [6.07, 6.45) is 2.69. The summed E-state index contributed by atoms with van der Waals surface area (Å²) in [5.41, 5.74) is 2.96. The third kappa shape index (κ3) is 2.93. The summed E-state index contributed by atoms with van der Waals surface area (Å²) < 4.78 is 0. The fraction of sp³-hybridized carbons (Fsp3) is 0.471. The number of amides is 1. The van der Waals surface area contributed by atoms with Crippen LogP contribution in [-0.2, 0) is 0 Å². The van der Waals surface area contributed by atoms with Gasteiger partial charge in [-0.15, -0.1) is 0 Å². The van der Waals surface area contributed by atoms with Gasteiger partial charge < -0.3 is 9.88 Å². The molecule has 2 aromatic heterocycles. The van der Waals surface area contributed by atoms with Crippen LogP contribution in [0.4, 0.5) is 0 Å². The average Bonchev–Trinajstić information content (AvgIpc) is 3.14. The van der Waals surface area contributed by atoms with E-state index in [-0.39, 0.29) is 28.9 Å². The molecule has 1 aliphatic rings. The number of H-pyrrole nitrogens is 2. The number of likely N-dealkylation sites (tertiary alicyclic amines) is 1. The Morgan fingerprint density at radius 2 is 2.17 bits per heavy atom. The van der Waals surface area contributed by atoms with Gasteiger partial charge in [0.25, 0.3) is 11.5 Å². The number of aromatic amines is 2. The van der Waals surface area contributed by atoms with Gasteiger partial charge in [0.2, 0.25) is 0 Å². The van der Waals surface area contributed by atoms with Crippen LogP contribution in [0.15, 0.2) is 23.1 Å². The second-order valence-electron chi connectivity index (χ2n) is 6.51. The Morgan fingerprint density at radius 1 is 1.39 bits per heavy atom. The SMILES string of the molecule is Cc1cn[nH]c1C1CCN(C(=O)c2ccc(C(C)C)[nH]c2=O)C1. The number of pyridine rings is 1. The molecule has 0 aromatic carbocycles. The molecular formula is C17H22N4O2. The summed E-state index contributed by atoms with van der Waals surface area (Å²) in [4.78, 5) is 29.4. The lowest BCUT2D eigenvalue weighted by Crippen LogP contribution is -2.33. The molecular weight excluding hydrogens is 292 g/mol. The van der Waals surface area contributed by atoms with E-state index < -0.39 is 0 Å². The number of aryl methyl sites for hydroxylation is 1. The summed E-state index contributed by atoms with van der Waals surface area (Å²) in [7, 11) is 0. The highest BCUT2D eigenvalue weighted by atomic mass is 16.2. The molecule has 3 heterocycles. The van der Waals surface area contributed by atoms with Crippen LogP contribution in [0.3, 0.4) is 0 Å². The molecule has 122 valence electrons. The van der Waals surface area contributed by atoms with E-state index in [0.717, 1.165) is 23.4 Å². The van der Waals surface area contributed by atoms with E-state index >= 15 is 0 Å². The summed E-state index contributed by atoms with van der Waals surface area (Å²) >= 11 is 0. The van der Waals surface area contributed by atoms with Gasteiger partial charge in [0, 0.05) is 30.4 Å². The van der Waals surface area contributed by atoms with Crippen molar-refractivity contribution in [3.05, 3.63) is 51.2 Å². The topological polar surface area (TPSA) is 81.8 Å². The third-order valence-electron chi connectivity index (χ3n) is 4.54. The van der Waals surface area contributed by atoms with Crippen molar-refractivity contribution >= 4 is 5.91 Å². The Hall–Kier alpha value is -2.37. The van der Waals surface area contributed by atoms with E-state index in [1.807, 2.05) is 26.8 Å². The van der Waals surface area contributed by atoms with E-state index in [1.54, 1.807) is 17.2 Å². The van der Waals surface area contributed by atoms with Crippen LogP contribution in [0.2, 0.25) is 0 Å². The zero-order chi connectivity index (χ0) is 16.6. The van der Waals surface area contributed by atoms with Crippen molar-refractivity contribution in [3.8, 4) is 0 Å². The molecule has 1 amide bonds. The molecule has 6 heteroatoms. The third-order valence-corrected chi connectivity index (χ3v) is 4.54. The Morgan fingerprint density at radius 3 is 2.78 bits per heavy atom. The Bertz CT molecular complexity index is 775. The molecule has 0 spiro atoms. The highest BCUT2D eigenvalue weighted by Gasteiger charge is 2.30. The smallest absolute Gasteiger partial charge is 0.261 e. The molecule has 1 unspecified atom stereocenters. The minimum absolute atomic E-state index is 0.193. The highest BCUT2D eigenvalue weighted by molar-refractivity contribution is 5.94. The summed E-state index contributed by atoms with van der Waals surface area (Å²) in [6.45, 7) is 7.30. The van der Waals surface area contributed by atoms with Crippen LogP contribution in [0.5, 0.6) is 0 Å². The van der Waals surface area contributed by atoms with Crippen LogP contribution in [-0.4, -0.2) is 39.1 Å².